The molecule has 0 aliphatic carbocycles. The third-order valence-corrected chi connectivity index (χ3v) is 3.52. The van der Waals surface area contributed by atoms with Crippen LogP contribution in [0.1, 0.15) is 24.4 Å². The van der Waals surface area contributed by atoms with Crippen molar-refractivity contribution in [1.82, 2.24) is 14.7 Å². The Labute approximate surface area is 105 Å². The Hall–Kier alpha value is -1.54. The molecule has 8 heteroatoms. The highest BCUT2D eigenvalue weighted by molar-refractivity contribution is 7.89. The van der Waals surface area contributed by atoms with E-state index in [1.807, 2.05) is 0 Å². The summed E-state index contributed by atoms with van der Waals surface area (Å²) in [6.45, 7) is 1.80. The Morgan fingerprint density at radius 2 is 2.22 bits per heavy atom. The lowest BCUT2D eigenvalue weighted by molar-refractivity contribution is -0.137. The van der Waals surface area contributed by atoms with Crippen LogP contribution < -0.4 is 4.72 Å². The molecule has 0 aromatic carbocycles. The highest BCUT2D eigenvalue weighted by atomic mass is 32.2. The molecule has 0 atom stereocenters. The van der Waals surface area contributed by atoms with Crippen molar-refractivity contribution in [1.29, 1.82) is 0 Å². The monoisotopic (exact) mass is 273 g/mol. The molecule has 18 heavy (non-hydrogen) atoms. The van der Waals surface area contributed by atoms with Crippen molar-refractivity contribution in [3.8, 4) is 0 Å². The number of carboxylic acid groups (broad SMARTS) is 1. The molecule has 0 fully saturated rings. The molecular weight excluding hydrogens is 258 g/mol. The molecule has 0 aliphatic heterocycles. The highest BCUT2D eigenvalue weighted by Crippen LogP contribution is 1.98. The second kappa shape index (κ2) is 6.41. The summed E-state index contributed by atoms with van der Waals surface area (Å²) in [6, 6.07) is 1.62. The molecule has 0 saturated heterocycles. The Kier molecular flexibility index (Phi) is 5.17. The molecule has 7 nitrogen and oxygen atoms in total. The number of hydrogen-bond acceptors (Lipinski definition) is 5. The van der Waals surface area contributed by atoms with Gasteiger partial charge < -0.3 is 5.11 Å². The number of aryl methyl sites for hydroxylation is 1. The number of sulfonamides is 1. The van der Waals surface area contributed by atoms with Crippen LogP contribution in [0.3, 0.4) is 0 Å². The number of rotatable bonds is 7. The van der Waals surface area contributed by atoms with Crippen LogP contribution in [0.5, 0.6) is 0 Å². The summed E-state index contributed by atoms with van der Waals surface area (Å²) >= 11 is 0. The van der Waals surface area contributed by atoms with Crippen LogP contribution in [0.25, 0.3) is 0 Å². The highest BCUT2D eigenvalue weighted by Gasteiger charge is 2.11. The molecule has 0 unspecified atom stereocenters. The lowest BCUT2D eigenvalue weighted by Crippen LogP contribution is -2.26. The number of carbonyl (C=O) groups is 1. The average Bonchev–Trinajstić information content (AvgIpc) is 2.26. The topological polar surface area (TPSA) is 109 Å². The molecule has 0 aliphatic rings. The minimum Gasteiger partial charge on any atom is -0.481 e. The van der Waals surface area contributed by atoms with Gasteiger partial charge in [0.05, 0.1) is 18.0 Å². The zero-order valence-electron chi connectivity index (χ0n) is 9.96. The molecule has 0 amide bonds. The Balaban J connectivity index is 2.44. The van der Waals surface area contributed by atoms with Crippen molar-refractivity contribution < 1.29 is 18.3 Å². The second-order valence-electron chi connectivity index (χ2n) is 3.73. The first-order valence-corrected chi connectivity index (χ1v) is 7.02. The minimum atomic E-state index is -3.46. The SMILES string of the molecule is Cc1nccc(CNS(=O)(=O)CCCC(=O)O)n1. The molecule has 1 aromatic heterocycles. The van der Waals surface area contributed by atoms with Gasteiger partial charge in [0.1, 0.15) is 5.82 Å². The van der Waals surface area contributed by atoms with Gasteiger partial charge in [0, 0.05) is 12.6 Å². The smallest absolute Gasteiger partial charge is 0.303 e. The predicted octanol–water partition coefficient (Wildman–Crippen LogP) is 0.0692. The van der Waals surface area contributed by atoms with E-state index in [-0.39, 0.29) is 25.1 Å². The number of aromatic nitrogens is 2. The number of aliphatic carboxylic acids is 1. The van der Waals surface area contributed by atoms with Crippen molar-refractivity contribution >= 4 is 16.0 Å². The van der Waals surface area contributed by atoms with Crippen molar-refractivity contribution in [3.05, 3.63) is 23.8 Å². The summed E-state index contributed by atoms with van der Waals surface area (Å²) in [5, 5.41) is 8.42. The van der Waals surface area contributed by atoms with Crippen molar-refractivity contribution in [2.45, 2.75) is 26.3 Å². The molecule has 1 aromatic rings. The molecule has 100 valence electrons. The summed E-state index contributed by atoms with van der Waals surface area (Å²) in [6.07, 6.45) is 1.48. The molecular formula is C10H15N3O4S. The maximum atomic E-state index is 11.5. The first-order valence-electron chi connectivity index (χ1n) is 5.37. The molecule has 1 heterocycles. The normalized spacial score (nSPS) is 11.4. The van der Waals surface area contributed by atoms with E-state index in [1.165, 1.54) is 0 Å². The lowest BCUT2D eigenvalue weighted by atomic mass is 10.3. The van der Waals surface area contributed by atoms with Gasteiger partial charge in [0.25, 0.3) is 0 Å². The van der Waals surface area contributed by atoms with Gasteiger partial charge in [-0.1, -0.05) is 0 Å². The standard InChI is InChI=1S/C10H15N3O4S/c1-8-11-5-4-9(13-8)7-12-18(16,17)6-2-3-10(14)15/h4-5,12H,2-3,6-7H2,1H3,(H,14,15). The van der Waals surface area contributed by atoms with Gasteiger partial charge in [0.15, 0.2) is 0 Å². The molecule has 0 radical (unpaired) electrons. The number of nitrogens with zero attached hydrogens (tertiary/aromatic N) is 2. The van der Waals surface area contributed by atoms with Gasteiger partial charge in [-0.3, -0.25) is 4.79 Å². The summed E-state index contributed by atoms with van der Waals surface area (Å²) in [5.74, 6) is -0.641. The molecule has 2 N–H and O–H groups in total. The molecule has 1 rings (SSSR count). The van der Waals surface area contributed by atoms with Crippen LogP contribution in [0.2, 0.25) is 0 Å². The van der Waals surface area contributed by atoms with E-state index < -0.39 is 16.0 Å². The summed E-state index contributed by atoms with van der Waals surface area (Å²) < 4.78 is 25.4. The first-order chi connectivity index (χ1) is 8.39. The fraction of sp³-hybridized carbons (Fsp3) is 0.500. The van der Waals surface area contributed by atoms with Crippen LogP contribution in [-0.2, 0) is 21.4 Å². The van der Waals surface area contributed by atoms with Gasteiger partial charge in [-0.05, 0) is 19.4 Å². The Bertz CT molecular complexity index is 516. The first kappa shape index (κ1) is 14.5. The summed E-state index contributed by atoms with van der Waals surface area (Å²) in [4.78, 5) is 18.2. The molecule has 0 bridgehead atoms. The van der Waals surface area contributed by atoms with Gasteiger partial charge in [-0.25, -0.2) is 23.1 Å². The fourth-order valence-electron chi connectivity index (χ4n) is 1.27. The van der Waals surface area contributed by atoms with Crippen molar-refractivity contribution in [2.24, 2.45) is 0 Å². The van der Waals surface area contributed by atoms with Crippen LogP contribution in [0.4, 0.5) is 0 Å². The quantitative estimate of drug-likeness (QED) is 0.727. The van der Waals surface area contributed by atoms with Crippen molar-refractivity contribution in [2.75, 3.05) is 5.75 Å². The van der Waals surface area contributed by atoms with Crippen LogP contribution >= 0.6 is 0 Å². The number of carboxylic acids is 1. The van der Waals surface area contributed by atoms with E-state index in [9.17, 15) is 13.2 Å². The van der Waals surface area contributed by atoms with Crippen LogP contribution in [0, 0.1) is 6.92 Å². The number of hydrogen-bond donors (Lipinski definition) is 2. The van der Waals surface area contributed by atoms with Gasteiger partial charge in [0.2, 0.25) is 10.0 Å². The third kappa shape index (κ3) is 5.69. The number of nitrogens with one attached hydrogen (secondary N) is 1. The van der Waals surface area contributed by atoms with E-state index >= 15 is 0 Å². The van der Waals surface area contributed by atoms with E-state index in [1.54, 1.807) is 19.2 Å². The van der Waals surface area contributed by atoms with Crippen LogP contribution in [-0.4, -0.2) is 35.2 Å². The zero-order valence-corrected chi connectivity index (χ0v) is 10.8. The molecule has 0 saturated carbocycles. The summed E-state index contributed by atoms with van der Waals surface area (Å²) in [7, 11) is -3.46. The minimum absolute atomic E-state index is 0.0821. The summed E-state index contributed by atoms with van der Waals surface area (Å²) in [5.41, 5.74) is 0.573. The van der Waals surface area contributed by atoms with E-state index in [4.69, 9.17) is 5.11 Å². The van der Waals surface area contributed by atoms with Crippen LogP contribution in [0.15, 0.2) is 12.3 Å². The van der Waals surface area contributed by atoms with Crippen molar-refractivity contribution in [3.63, 3.8) is 0 Å². The van der Waals surface area contributed by atoms with E-state index in [0.717, 1.165) is 0 Å². The maximum absolute atomic E-state index is 11.5. The Morgan fingerprint density at radius 1 is 1.50 bits per heavy atom. The Morgan fingerprint density at radius 3 is 2.83 bits per heavy atom. The van der Waals surface area contributed by atoms with Gasteiger partial charge in [-0.15, -0.1) is 0 Å². The fourth-order valence-corrected chi connectivity index (χ4v) is 2.31. The van der Waals surface area contributed by atoms with Gasteiger partial charge >= 0.3 is 5.97 Å². The third-order valence-electron chi connectivity index (χ3n) is 2.11. The van der Waals surface area contributed by atoms with E-state index in [2.05, 4.69) is 14.7 Å². The lowest BCUT2D eigenvalue weighted by Gasteiger charge is -2.05. The second-order valence-corrected chi connectivity index (χ2v) is 5.66. The maximum Gasteiger partial charge on any atom is 0.303 e. The zero-order chi connectivity index (χ0) is 13.6. The average molecular weight is 273 g/mol. The predicted molar refractivity (Wildman–Crippen MR) is 64.3 cm³/mol. The largest absolute Gasteiger partial charge is 0.481 e. The molecule has 0 spiro atoms. The van der Waals surface area contributed by atoms with Gasteiger partial charge in [-0.2, -0.15) is 0 Å². The van der Waals surface area contributed by atoms with E-state index in [0.29, 0.717) is 11.5 Å².